The van der Waals surface area contributed by atoms with Gasteiger partial charge >= 0.3 is 5.97 Å². The standard InChI is InChI=1S/C12H18N4O3S/c1-8(2)16-7-14-15-11(16)20-5-9(17)13-6-12(3-4-12)10(18)19/h7-8H,3-6H2,1-2H3,(H,13,17)(H,18,19). The minimum absolute atomic E-state index is 0.180. The van der Waals surface area contributed by atoms with Crippen LogP contribution in [-0.2, 0) is 9.59 Å². The van der Waals surface area contributed by atoms with Crippen molar-refractivity contribution in [1.82, 2.24) is 20.1 Å². The maximum Gasteiger partial charge on any atom is 0.311 e. The van der Waals surface area contributed by atoms with Crippen molar-refractivity contribution in [3.8, 4) is 0 Å². The Morgan fingerprint density at radius 3 is 2.80 bits per heavy atom. The first-order valence-corrected chi connectivity index (χ1v) is 7.45. The molecule has 1 aliphatic rings. The van der Waals surface area contributed by atoms with Gasteiger partial charge in [-0.25, -0.2) is 0 Å². The van der Waals surface area contributed by atoms with E-state index in [1.165, 1.54) is 11.8 Å². The van der Waals surface area contributed by atoms with Gasteiger partial charge in [-0.1, -0.05) is 11.8 Å². The third-order valence-corrected chi connectivity index (χ3v) is 4.32. The molecule has 0 aromatic carbocycles. The number of aromatic nitrogens is 3. The molecule has 0 aliphatic heterocycles. The molecule has 0 atom stereocenters. The average Bonchev–Trinajstić information content (AvgIpc) is 3.04. The Bertz CT molecular complexity index is 511. The zero-order valence-electron chi connectivity index (χ0n) is 11.5. The number of rotatable bonds is 7. The van der Waals surface area contributed by atoms with Crippen molar-refractivity contribution in [2.45, 2.75) is 37.9 Å². The van der Waals surface area contributed by atoms with Crippen molar-refractivity contribution in [2.24, 2.45) is 5.41 Å². The first-order chi connectivity index (χ1) is 9.44. The summed E-state index contributed by atoms with van der Waals surface area (Å²) in [5, 5.41) is 20.2. The summed E-state index contributed by atoms with van der Waals surface area (Å²) >= 11 is 1.30. The predicted molar refractivity (Wildman–Crippen MR) is 73.4 cm³/mol. The van der Waals surface area contributed by atoms with Crippen molar-refractivity contribution in [3.63, 3.8) is 0 Å². The second-order valence-corrected chi connectivity index (χ2v) is 6.21. The van der Waals surface area contributed by atoms with Crippen LogP contribution in [0.1, 0.15) is 32.7 Å². The third kappa shape index (κ3) is 3.30. The largest absolute Gasteiger partial charge is 0.481 e. The fourth-order valence-electron chi connectivity index (χ4n) is 1.76. The topological polar surface area (TPSA) is 97.1 Å². The van der Waals surface area contributed by atoms with Gasteiger partial charge in [-0.05, 0) is 26.7 Å². The fourth-order valence-corrected chi connectivity index (χ4v) is 2.63. The number of nitrogens with zero attached hydrogens (tertiary/aromatic N) is 3. The Kier molecular flexibility index (Phi) is 4.32. The molecule has 20 heavy (non-hydrogen) atoms. The Hall–Kier alpha value is -1.57. The van der Waals surface area contributed by atoms with E-state index in [1.807, 2.05) is 18.4 Å². The monoisotopic (exact) mass is 298 g/mol. The first-order valence-electron chi connectivity index (χ1n) is 6.47. The smallest absolute Gasteiger partial charge is 0.311 e. The van der Waals surface area contributed by atoms with E-state index in [2.05, 4.69) is 15.5 Å². The number of hydrogen-bond donors (Lipinski definition) is 2. The summed E-state index contributed by atoms with van der Waals surface area (Å²) < 4.78 is 1.89. The van der Waals surface area contributed by atoms with Gasteiger partial charge in [0.15, 0.2) is 5.16 Å². The second-order valence-electron chi connectivity index (χ2n) is 5.27. The van der Waals surface area contributed by atoms with Crippen LogP contribution in [0.5, 0.6) is 0 Å². The predicted octanol–water partition coefficient (Wildman–Crippen LogP) is 0.932. The van der Waals surface area contributed by atoms with Crippen LogP contribution in [0.25, 0.3) is 0 Å². The number of hydrogen-bond acceptors (Lipinski definition) is 5. The van der Waals surface area contributed by atoms with Crippen LogP contribution in [0.4, 0.5) is 0 Å². The highest BCUT2D eigenvalue weighted by atomic mass is 32.2. The molecular formula is C12H18N4O3S. The van der Waals surface area contributed by atoms with Crippen molar-refractivity contribution in [1.29, 1.82) is 0 Å². The Morgan fingerprint density at radius 1 is 1.55 bits per heavy atom. The molecule has 8 heteroatoms. The Morgan fingerprint density at radius 2 is 2.25 bits per heavy atom. The van der Waals surface area contributed by atoms with Crippen LogP contribution in [0.15, 0.2) is 11.5 Å². The van der Waals surface area contributed by atoms with E-state index in [0.717, 1.165) is 0 Å². The summed E-state index contributed by atoms with van der Waals surface area (Å²) in [7, 11) is 0. The second kappa shape index (κ2) is 5.82. The maximum absolute atomic E-state index is 11.7. The lowest BCUT2D eigenvalue weighted by Crippen LogP contribution is -2.35. The lowest BCUT2D eigenvalue weighted by molar-refractivity contribution is -0.143. The lowest BCUT2D eigenvalue weighted by atomic mass is 10.1. The number of carboxylic acid groups (broad SMARTS) is 1. The van der Waals surface area contributed by atoms with Gasteiger partial charge in [0.2, 0.25) is 5.91 Å². The average molecular weight is 298 g/mol. The summed E-state index contributed by atoms with van der Waals surface area (Å²) in [5.41, 5.74) is -0.724. The highest BCUT2D eigenvalue weighted by molar-refractivity contribution is 7.99. The molecule has 2 N–H and O–H groups in total. The number of carbonyl (C=O) groups is 2. The molecule has 0 saturated heterocycles. The molecule has 1 fully saturated rings. The van der Waals surface area contributed by atoms with Crippen molar-refractivity contribution in [2.75, 3.05) is 12.3 Å². The molecule has 1 saturated carbocycles. The summed E-state index contributed by atoms with van der Waals surface area (Å²) in [5.74, 6) is -0.799. The summed E-state index contributed by atoms with van der Waals surface area (Å²) in [6, 6.07) is 0.234. The van der Waals surface area contributed by atoms with Gasteiger partial charge in [0.05, 0.1) is 11.2 Å². The molecule has 1 heterocycles. The molecule has 0 unspecified atom stereocenters. The van der Waals surface area contributed by atoms with Gasteiger partial charge in [-0.2, -0.15) is 0 Å². The van der Waals surface area contributed by atoms with Crippen LogP contribution in [0.3, 0.4) is 0 Å². The quantitative estimate of drug-likeness (QED) is 0.727. The van der Waals surface area contributed by atoms with Gasteiger partial charge in [0.1, 0.15) is 6.33 Å². The maximum atomic E-state index is 11.7. The van der Waals surface area contributed by atoms with Gasteiger partial charge in [-0.15, -0.1) is 10.2 Å². The van der Waals surface area contributed by atoms with Crippen LogP contribution in [-0.4, -0.2) is 44.0 Å². The van der Waals surface area contributed by atoms with E-state index < -0.39 is 11.4 Å². The summed E-state index contributed by atoms with van der Waals surface area (Å²) in [6.45, 7) is 4.23. The Balaban J connectivity index is 1.78. The van der Waals surface area contributed by atoms with Crippen molar-refractivity contribution in [3.05, 3.63) is 6.33 Å². The zero-order chi connectivity index (χ0) is 14.8. The normalized spacial score (nSPS) is 16.1. The molecule has 0 radical (unpaired) electrons. The lowest BCUT2D eigenvalue weighted by Gasteiger charge is -2.11. The van der Waals surface area contributed by atoms with E-state index in [9.17, 15) is 9.59 Å². The summed E-state index contributed by atoms with van der Waals surface area (Å²) in [4.78, 5) is 22.7. The molecule has 1 aromatic heterocycles. The van der Waals surface area contributed by atoms with Crippen LogP contribution >= 0.6 is 11.8 Å². The summed E-state index contributed by atoms with van der Waals surface area (Å²) in [6.07, 6.45) is 2.91. The van der Waals surface area contributed by atoms with Gasteiger partial charge in [-0.3, -0.25) is 9.59 Å². The van der Waals surface area contributed by atoms with E-state index in [-0.39, 0.29) is 24.2 Å². The Labute approximate surface area is 121 Å². The van der Waals surface area contributed by atoms with Gasteiger partial charge < -0.3 is 15.0 Å². The molecule has 7 nitrogen and oxygen atoms in total. The molecule has 1 aliphatic carbocycles. The molecule has 110 valence electrons. The van der Waals surface area contributed by atoms with Crippen molar-refractivity contribution < 1.29 is 14.7 Å². The highest BCUT2D eigenvalue weighted by Gasteiger charge is 2.50. The van der Waals surface area contributed by atoms with Crippen LogP contribution < -0.4 is 5.32 Å². The number of aliphatic carboxylic acids is 1. The minimum Gasteiger partial charge on any atom is -0.481 e. The van der Waals surface area contributed by atoms with E-state index in [0.29, 0.717) is 18.0 Å². The SMILES string of the molecule is CC(C)n1cnnc1SCC(=O)NCC1(C(=O)O)CC1. The zero-order valence-corrected chi connectivity index (χ0v) is 12.3. The molecule has 1 amide bonds. The first kappa shape index (κ1) is 14.8. The number of thioether (sulfide) groups is 1. The van der Waals surface area contributed by atoms with E-state index in [4.69, 9.17) is 5.11 Å². The van der Waals surface area contributed by atoms with Crippen molar-refractivity contribution >= 4 is 23.6 Å². The van der Waals surface area contributed by atoms with Crippen LogP contribution in [0.2, 0.25) is 0 Å². The molecule has 1 aromatic rings. The molecular weight excluding hydrogens is 280 g/mol. The molecule has 0 spiro atoms. The number of carbonyl (C=O) groups excluding carboxylic acids is 1. The number of nitrogens with one attached hydrogen (secondary N) is 1. The van der Waals surface area contributed by atoms with E-state index in [1.54, 1.807) is 6.33 Å². The number of amides is 1. The number of carboxylic acids is 1. The van der Waals surface area contributed by atoms with Gasteiger partial charge in [0.25, 0.3) is 0 Å². The molecule has 2 rings (SSSR count). The third-order valence-electron chi connectivity index (χ3n) is 3.36. The van der Waals surface area contributed by atoms with Gasteiger partial charge in [0, 0.05) is 12.6 Å². The van der Waals surface area contributed by atoms with E-state index >= 15 is 0 Å². The molecule has 0 bridgehead atoms. The van der Waals surface area contributed by atoms with Crippen LogP contribution in [0, 0.1) is 5.41 Å². The fraction of sp³-hybridized carbons (Fsp3) is 0.667. The highest BCUT2D eigenvalue weighted by Crippen LogP contribution is 2.45. The minimum atomic E-state index is -0.829.